The molecule has 2 nitrogen and oxygen atoms in total. The SMILES string of the molecule is CCCCCCCC(CO)NCCC. The molecule has 0 radical (unpaired) electrons. The molecule has 2 N–H and O–H groups in total. The molecule has 14 heavy (non-hydrogen) atoms. The van der Waals surface area contributed by atoms with Crippen molar-refractivity contribution in [3.8, 4) is 0 Å². The fourth-order valence-electron chi connectivity index (χ4n) is 1.60. The van der Waals surface area contributed by atoms with Crippen molar-refractivity contribution >= 4 is 0 Å². The maximum absolute atomic E-state index is 9.09. The van der Waals surface area contributed by atoms with Gasteiger partial charge < -0.3 is 10.4 Å². The topological polar surface area (TPSA) is 32.3 Å². The van der Waals surface area contributed by atoms with E-state index in [1.165, 1.54) is 32.1 Å². The van der Waals surface area contributed by atoms with Crippen molar-refractivity contribution in [1.29, 1.82) is 0 Å². The molecule has 0 aliphatic carbocycles. The lowest BCUT2D eigenvalue weighted by Gasteiger charge is -2.15. The molecule has 0 heterocycles. The van der Waals surface area contributed by atoms with E-state index in [0.29, 0.717) is 6.04 Å². The van der Waals surface area contributed by atoms with Crippen LogP contribution in [-0.2, 0) is 0 Å². The summed E-state index contributed by atoms with van der Waals surface area (Å²) in [6.07, 6.45) is 8.85. The second-order valence-corrected chi connectivity index (χ2v) is 4.04. The van der Waals surface area contributed by atoms with Crippen LogP contribution in [0.5, 0.6) is 0 Å². The summed E-state index contributed by atoms with van der Waals surface area (Å²) >= 11 is 0. The maximum atomic E-state index is 9.09. The molecule has 0 aromatic heterocycles. The van der Waals surface area contributed by atoms with Crippen molar-refractivity contribution in [2.45, 2.75) is 64.8 Å². The van der Waals surface area contributed by atoms with Crippen LogP contribution in [0.3, 0.4) is 0 Å². The first-order valence-electron chi connectivity index (χ1n) is 6.19. The fourth-order valence-corrected chi connectivity index (χ4v) is 1.60. The number of hydrogen-bond acceptors (Lipinski definition) is 2. The van der Waals surface area contributed by atoms with Gasteiger partial charge in [-0.15, -0.1) is 0 Å². The molecule has 0 saturated heterocycles. The van der Waals surface area contributed by atoms with Gasteiger partial charge in [0.25, 0.3) is 0 Å². The number of rotatable bonds is 10. The Morgan fingerprint density at radius 2 is 1.71 bits per heavy atom. The molecular formula is C12H27NO. The predicted molar refractivity (Wildman–Crippen MR) is 62.5 cm³/mol. The van der Waals surface area contributed by atoms with Crippen molar-refractivity contribution in [3.63, 3.8) is 0 Å². The molecule has 0 aliphatic rings. The molecule has 0 amide bonds. The highest BCUT2D eigenvalue weighted by Crippen LogP contribution is 2.07. The lowest BCUT2D eigenvalue weighted by molar-refractivity contribution is 0.233. The minimum absolute atomic E-state index is 0.285. The van der Waals surface area contributed by atoms with Gasteiger partial charge in [-0.3, -0.25) is 0 Å². The van der Waals surface area contributed by atoms with Crippen molar-refractivity contribution in [2.24, 2.45) is 0 Å². The number of unbranched alkanes of at least 4 members (excludes halogenated alkanes) is 4. The lowest BCUT2D eigenvalue weighted by Crippen LogP contribution is -2.32. The van der Waals surface area contributed by atoms with Gasteiger partial charge in [-0.1, -0.05) is 46.0 Å². The molecule has 0 spiro atoms. The first kappa shape index (κ1) is 13.9. The lowest BCUT2D eigenvalue weighted by atomic mass is 10.1. The maximum Gasteiger partial charge on any atom is 0.0584 e. The van der Waals surface area contributed by atoms with E-state index in [-0.39, 0.29) is 6.61 Å². The van der Waals surface area contributed by atoms with Crippen LogP contribution in [0.25, 0.3) is 0 Å². The summed E-state index contributed by atoms with van der Waals surface area (Å²) in [5, 5.41) is 12.5. The second-order valence-electron chi connectivity index (χ2n) is 4.04. The largest absolute Gasteiger partial charge is 0.395 e. The predicted octanol–water partition coefficient (Wildman–Crippen LogP) is 2.71. The summed E-state index contributed by atoms with van der Waals surface area (Å²) in [6.45, 7) is 5.70. The Kier molecular flexibility index (Phi) is 10.9. The van der Waals surface area contributed by atoms with Gasteiger partial charge in [0.15, 0.2) is 0 Å². The van der Waals surface area contributed by atoms with E-state index < -0.39 is 0 Å². The van der Waals surface area contributed by atoms with Gasteiger partial charge in [-0.25, -0.2) is 0 Å². The molecule has 1 atom stereocenters. The quantitative estimate of drug-likeness (QED) is 0.533. The number of hydrogen-bond donors (Lipinski definition) is 2. The number of aliphatic hydroxyl groups excluding tert-OH is 1. The first-order chi connectivity index (χ1) is 6.85. The van der Waals surface area contributed by atoms with Crippen LogP contribution >= 0.6 is 0 Å². The van der Waals surface area contributed by atoms with Crippen LogP contribution in [0.2, 0.25) is 0 Å². The van der Waals surface area contributed by atoms with Crippen LogP contribution < -0.4 is 5.32 Å². The highest BCUT2D eigenvalue weighted by atomic mass is 16.3. The third-order valence-corrected chi connectivity index (χ3v) is 2.56. The minimum Gasteiger partial charge on any atom is -0.395 e. The van der Waals surface area contributed by atoms with E-state index in [1.807, 2.05) is 0 Å². The van der Waals surface area contributed by atoms with Gasteiger partial charge in [0.2, 0.25) is 0 Å². The van der Waals surface area contributed by atoms with Gasteiger partial charge >= 0.3 is 0 Å². The summed E-state index contributed by atoms with van der Waals surface area (Å²) < 4.78 is 0. The van der Waals surface area contributed by atoms with E-state index in [0.717, 1.165) is 19.4 Å². The van der Waals surface area contributed by atoms with Gasteiger partial charge in [0, 0.05) is 6.04 Å². The Hall–Kier alpha value is -0.0800. The third-order valence-electron chi connectivity index (χ3n) is 2.56. The molecule has 0 saturated carbocycles. The molecule has 0 aromatic rings. The van der Waals surface area contributed by atoms with Gasteiger partial charge in [-0.05, 0) is 19.4 Å². The molecular weight excluding hydrogens is 174 g/mol. The van der Waals surface area contributed by atoms with Crippen LogP contribution in [0.15, 0.2) is 0 Å². The van der Waals surface area contributed by atoms with E-state index in [9.17, 15) is 0 Å². The fraction of sp³-hybridized carbons (Fsp3) is 1.00. The molecule has 1 unspecified atom stereocenters. The van der Waals surface area contributed by atoms with Gasteiger partial charge in [0.1, 0.15) is 0 Å². The van der Waals surface area contributed by atoms with Crippen molar-refractivity contribution in [1.82, 2.24) is 5.32 Å². The highest BCUT2D eigenvalue weighted by molar-refractivity contribution is 4.64. The minimum atomic E-state index is 0.285. The summed E-state index contributed by atoms with van der Waals surface area (Å²) in [7, 11) is 0. The Morgan fingerprint density at radius 3 is 2.29 bits per heavy atom. The van der Waals surface area contributed by atoms with Crippen LogP contribution in [-0.4, -0.2) is 24.3 Å². The van der Waals surface area contributed by atoms with Gasteiger partial charge in [0.05, 0.1) is 6.61 Å². The zero-order chi connectivity index (χ0) is 10.6. The van der Waals surface area contributed by atoms with E-state index in [1.54, 1.807) is 0 Å². The smallest absolute Gasteiger partial charge is 0.0584 e. The Labute approximate surface area is 89.1 Å². The molecule has 0 aliphatic heterocycles. The van der Waals surface area contributed by atoms with Crippen molar-refractivity contribution < 1.29 is 5.11 Å². The van der Waals surface area contributed by atoms with Crippen LogP contribution in [0.1, 0.15) is 58.8 Å². The molecule has 0 fully saturated rings. The Bertz CT molecular complexity index is 106. The summed E-state index contributed by atoms with van der Waals surface area (Å²) in [4.78, 5) is 0. The molecule has 86 valence electrons. The third kappa shape index (κ3) is 8.52. The number of aliphatic hydroxyl groups is 1. The Morgan fingerprint density at radius 1 is 1.00 bits per heavy atom. The summed E-state index contributed by atoms with van der Waals surface area (Å²) in [5.41, 5.74) is 0. The zero-order valence-corrected chi connectivity index (χ0v) is 9.89. The second kappa shape index (κ2) is 11.0. The van der Waals surface area contributed by atoms with E-state index in [4.69, 9.17) is 5.11 Å². The van der Waals surface area contributed by atoms with E-state index in [2.05, 4.69) is 19.2 Å². The summed E-state index contributed by atoms with van der Waals surface area (Å²) in [5.74, 6) is 0. The normalized spacial score (nSPS) is 13.1. The molecule has 2 heteroatoms. The van der Waals surface area contributed by atoms with Crippen molar-refractivity contribution in [2.75, 3.05) is 13.2 Å². The van der Waals surface area contributed by atoms with Crippen LogP contribution in [0, 0.1) is 0 Å². The highest BCUT2D eigenvalue weighted by Gasteiger charge is 2.04. The van der Waals surface area contributed by atoms with Crippen LogP contribution in [0.4, 0.5) is 0 Å². The number of nitrogens with one attached hydrogen (secondary N) is 1. The average Bonchev–Trinajstić information content (AvgIpc) is 2.22. The monoisotopic (exact) mass is 201 g/mol. The van der Waals surface area contributed by atoms with Crippen molar-refractivity contribution in [3.05, 3.63) is 0 Å². The summed E-state index contributed by atoms with van der Waals surface area (Å²) in [6, 6.07) is 0.330. The van der Waals surface area contributed by atoms with E-state index >= 15 is 0 Å². The average molecular weight is 201 g/mol. The standard InChI is InChI=1S/C12H27NO/c1-3-5-6-7-8-9-12(11-14)13-10-4-2/h12-14H,3-11H2,1-2H3. The van der Waals surface area contributed by atoms with Gasteiger partial charge in [-0.2, -0.15) is 0 Å². The molecule has 0 bridgehead atoms. The Balaban J connectivity index is 3.24. The molecule has 0 rings (SSSR count). The molecule has 0 aromatic carbocycles. The zero-order valence-electron chi connectivity index (χ0n) is 9.89. The first-order valence-corrected chi connectivity index (χ1v) is 6.19.